The third-order valence-corrected chi connectivity index (χ3v) is 18.9. The molecule has 0 spiro atoms. The zero-order valence-corrected chi connectivity index (χ0v) is 61.1. The highest BCUT2D eigenvalue weighted by atomic mass is 31.2. The lowest BCUT2D eigenvalue weighted by Crippen LogP contribution is -2.37. The molecule has 0 rings (SSSR count). The Labute approximate surface area is 554 Å². The first-order chi connectivity index (χ1) is 43.5. The Morgan fingerprint density at radius 2 is 0.607 bits per heavy atom. The number of quaternary nitrogens is 1. The van der Waals surface area contributed by atoms with Gasteiger partial charge >= 0.3 is 19.8 Å². The number of esters is 2. The van der Waals surface area contributed by atoms with E-state index in [9.17, 15) is 19.0 Å². The molecule has 9 nitrogen and oxygen atoms in total. The SMILES string of the molecule is CCCCCCC/C=C\C/C=C\C/C=C\CCCCCCCCCCCCCCCCCCCCCCCCC(=O)OC(COC(=O)CCCCCCCCCCCCCCCCCCCCCCCCCCCCCC)COP(=O)(O)OCC[N+](C)(C)C. The quantitative estimate of drug-likeness (QED) is 0.0211. The lowest BCUT2D eigenvalue weighted by Gasteiger charge is -2.24. The van der Waals surface area contributed by atoms with E-state index in [-0.39, 0.29) is 25.6 Å². The van der Waals surface area contributed by atoms with Gasteiger partial charge in [-0.3, -0.25) is 18.6 Å². The number of nitrogens with zero attached hydrogens (tertiary/aromatic N) is 1. The fraction of sp³-hybridized carbons (Fsp3) is 0.899. The van der Waals surface area contributed by atoms with Crippen molar-refractivity contribution in [2.24, 2.45) is 0 Å². The standard InChI is InChI=1S/C79H152NO8P/c1-6-8-10-12-14-16-18-20-22-24-26-28-30-32-34-36-37-38-39-40-41-42-43-44-46-48-50-52-54-56-58-60-62-64-66-68-70-72-79(82)88-77(76-87-89(83,84)86-74-73-80(3,4)5)75-85-78(81)71-69-67-65-63-61-59-57-55-53-51-49-47-45-35-33-31-29-27-25-23-21-19-17-15-13-11-9-7-2/h18,20,24,26,30,32,77H,6-17,19,21-23,25,27-29,31,33-76H2,1-5H3/p+1/b20-18-,26-24-,32-30-. The predicted molar refractivity (Wildman–Crippen MR) is 386 cm³/mol. The molecule has 0 aliphatic carbocycles. The molecular formula is C79H153NO8P+. The molecule has 1 N–H and O–H groups in total. The summed E-state index contributed by atoms with van der Waals surface area (Å²) in [6, 6.07) is 0. The van der Waals surface area contributed by atoms with Crippen LogP contribution in [0.5, 0.6) is 0 Å². The van der Waals surface area contributed by atoms with Crippen molar-refractivity contribution < 1.29 is 42.1 Å². The Morgan fingerprint density at radius 1 is 0.348 bits per heavy atom. The van der Waals surface area contributed by atoms with Gasteiger partial charge in [-0.2, -0.15) is 0 Å². The molecule has 0 amide bonds. The van der Waals surface area contributed by atoms with Crippen LogP contribution in [0.25, 0.3) is 0 Å². The van der Waals surface area contributed by atoms with E-state index in [1.165, 1.54) is 327 Å². The molecule has 2 unspecified atom stereocenters. The van der Waals surface area contributed by atoms with Gasteiger partial charge in [0.05, 0.1) is 27.7 Å². The fourth-order valence-electron chi connectivity index (χ4n) is 11.9. The highest BCUT2D eigenvalue weighted by Crippen LogP contribution is 2.43. The van der Waals surface area contributed by atoms with E-state index in [0.29, 0.717) is 23.9 Å². The molecule has 0 aromatic carbocycles. The van der Waals surface area contributed by atoms with E-state index in [1.807, 2.05) is 21.1 Å². The van der Waals surface area contributed by atoms with Crippen LogP contribution in [-0.4, -0.2) is 74.9 Å². The molecule has 0 aliphatic heterocycles. The number of carbonyl (C=O) groups is 2. The topological polar surface area (TPSA) is 108 Å². The zero-order valence-electron chi connectivity index (χ0n) is 60.2. The molecular weight excluding hydrogens is 1120 g/mol. The number of hydrogen-bond donors (Lipinski definition) is 1. The van der Waals surface area contributed by atoms with E-state index in [1.54, 1.807) is 0 Å². The second-order valence-electron chi connectivity index (χ2n) is 28.1. The van der Waals surface area contributed by atoms with Crippen LogP contribution < -0.4 is 0 Å². The van der Waals surface area contributed by atoms with E-state index in [0.717, 1.165) is 44.9 Å². The van der Waals surface area contributed by atoms with Crippen LogP contribution >= 0.6 is 7.82 Å². The third-order valence-electron chi connectivity index (χ3n) is 17.9. The Bertz CT molecular complexity index is 1590. The summed E-state index contributed by atoms with van der Waals surface area (Å²) < 4.78 is 34.8. The number of hydrogen-bond acceptors (Lipinski definition) is 7. The molecule has 0 fully saturated rings. The molecule has 0 heterocycles. The average Bonchev–Trinajstić information content (AvgIpc) is 3.60. The normalized spacial score (nSPS) is 13.2. The van der Waals surface area contributed by atoms with Gasteiger partial charge in [0, 0.05) is 12.8 Å². The summed E-state index contributed by atoms with van der Waals surface area (Å²) in [5.74, 6) is -0.770. The number of ether oxygens (including phenoxy) is 2. The van der Waals surface area contributed by atoms with Gasteiger partial charge in [-0.25, -0.2) is 4.57 Å². The highest BCUT2D eigenvalue weighted by molar-refractivity contribution is 7.47. The first-order valence-corrected chi connectivity index (χ1v) is 40.7. The van der Waals surface area contributed by atoms with E-state index in [4.69, 9.17) is 18.5 Å². The van der Waals surface area contributed by atoms with Crippen LogP contribution in [-0.2, 0) is 32.7 Å². The van der Waals surface area contributed by atoms with Crippen LogP contribution in [0.2, 0.25) is 0 Å². The molecule has 0 saturated carbocycles. The van der Waals surface area contributed by atoms with Gasteiger partial charge in [0.25, 0.3) is 0 Å². The third kappa shape index (κ3) is 75.1. The summed E-state index contributed by atoms with van der Waals surface area (Å²) in [5.41, 5.74) is 0. The smallest absolute Gasteiger partial charge is 0.462 e. The first-order valence-electron chi connectivity index (χ1n) is 39.2. The summed E-state index contributed by atoms with van der Waals surface area (Å²) in [6.07, 6.45) is 91.5. The molecule has 2 atom stereocenters. The Hall–Kier alpha value is -1.77. The number of unbranched alkanes of at least 4 members (excludes halogenated alkanes) is 54. The van der Waals surface area contributed by atoms with Gasteiger partial charge in [-0.05, 0) is 51.4 Å². The minimum absolute atomic E-state index is 0.0356. The maximum absolute atomic E-state index is 12.9. The van der Waals surface area contributed by atoms with E-state index < -0.39 is 26.5 Å². The monoisotopic (exact) mass is 1280 g/mol. The van der Waals surface area contributed by atoms with Crippen molar-refractivity contribution in [1.29, 1.82) is 0 Å². The molecule has 0 aromatic heterocycles. The lowest BCUT2D eigenvalue weighted by molar-refractivity contribution is -0.870. The number of likely N-dealkylation sites (N-methyl/N-ethyl adjacent to an activating group) is 1. The Morgan fingerprint density at radius 3 is 0.899 bits per heavy atom. The number of allylic oxidation sites excluding steroid dienone is 6. The van der Waals surface area contributed by atoms with Gasteiger partial charge in [0.15, 0.2) is 6.10 Å². The molecule has 0 aromatic rings. The predicted octanol–water partition coefficient (Wildman–Crippen LogP) is 25.8. The molecule has 89 heavy (non-hydrogen) atoms. The molecule has 10 heteroatoms. The van der Waals surface area contributed by atoms with Crippen molar-refractivity contribution in [2.75, 3.05) is 47.5 Å². The van der Waals surface area contributed by atoms with E-state index >= 15 is 0 Å². The molecule has 526 valence electrons. The minimum Gasteiger partial charge on any atom is -0.462 e. The van der Waals surface area contributed by atoms with Crippen LogP contribution in [0.1, 0.15) is 406 Å². The Balaban J connectivity index is 3.92. The van der Waals surface area contributed by atoms with Gasteiger partial charge in [-0.15, -0.1) is 0 Å². The zero-order chi connectivity index (χ0) is 64.8. The van der Waals surface area contributed by atoms with Crippen LogP contribution in [0.3, 0.4) is 0 Å². The molecule has 0 bridgehead atoms. The van der Waals surface area contributed by atoms with Crippen molar-refractivity contribution in [3.63, 3.8) is 0 Å². The van der Waals surface area contributed by atoms with Crippen LogP contribution in [0.15, 0.2) is 36.5 Å². The van der Waals surface area contributed by atoms with E-state index in [2.05, 4.69) is 50.3 Å². The number of carbonyl (C=O) groups excluding carboxylic acids is 2. The lowest BCUT2D eigenvalue weighted by atomic mass is 10.0. The summed E-state index contributed by atoms with van der Waals surface area (Å²) in [6.45, 7) is 4.51. The van der Waals surface area contributed by atoms with Crippen molar-refractivity contribution >= 4 is 19.8 Å². The summed E-state index contributed by atoms with van der Waals surface area (Å²) >= 11 is 0. The van der Waals surface area contributed by atoms with Crippen LogP contribution in [0, 0.1) is 0 Å². The van der Waals surface area contributed by atoms with Crippen molar-refractivity contribution in [3.05, 3.63) is 36.5 Å². The van der Waals surface area contributed by atoms with Crippen LogP contribution in [0.4, 0.5) is 0 Å². The number of phosphoric ester groups is 1. The van der Waals surface area contributed by atoms with Crippen molar-refractivity contribution in [2.45, 2.75) is 412 Å². The van der Waals surface area contributed by atoms with Gasteiger partial charge in [0.1, 0.15) is 19.8 Å². The average molecular weight is 1280 g/mol. The minimum atomic E-state index is -4.39. The summed E-state index contributed by atoms with van der Waals surface area (Å²) in [4.78, 5) is 36.0. The number of rotatable bonds is 74. The largest absolute Gasteiger partial charge is 0.472 e. The highest BCUT2D eigenvalue weighted by Gasteiger charge is 2.27. The van der Waals surface area contributed by atoms with Gasteiger partial charge in [-0.1, -0.05) is 378 Å². The van der Waals surface area contributed by atoms with Gasteiger partial charge in [0.2, 0.25) is 0 Å². The second kappa shape index (κ2) is 70.5. The molecule has 0 saturated heterocycles. The summed E-state index contributed by atoms with van der Waals surface area (Å²) in [7, 11) is 1.50. The molecule has 0 radical (unpaired) electrons. The van der Waals surface area contributed by atoms with Gasteiger partial charge < -0.3 is 18.9 Å². The van der Waals surface area contributed by atoms with Crippen molar-refractivity contribution in [3.8, 4) is 0 Å². The second-order valence-corrected chi connectivity index (χ2v) is 29.6. The van der Waals surface area contributed by atoms with Crippen molar-refractivity contribution in [1.82, 2.24) is 0 Å². The fourth-order valence-corrected chi connectivity index (χ4v) is 12.7. The maximum atomic E-state index is 12.9. The number of phosphoric acid groups is 1. The summed E-state index contributed by atoms with van der Waals surface area (Å²) in [5, 5.41) is 0. The maximum Gasteiger partial charge on any atom is 0.472 e. The first kappa shape index (κ1) is 87.2. The molecule has 0 aliphatic rings. The Kier molecular flexibility index (Phi) is 69.1.